The van der Waals surface area contributed by atoms with E-state index in [2.05, 4.69) is 33.1 Å². The number of aliphatic hydroxyl groups is 4. The molecule has 5 unspecified atom stereocenters. The topological polar surface area (TPSA) is 399 Å². The van der Waals surface area contributed by atoms with Crippen LogP contribution >= 0.6 is 0 Å². The van der Waals surface area contributed by atoms with Crippen molar-refractivity contribution < 1.29 is 111 Å². The molecule has 31 nitrogen and oxygen atoms in total. The van der Waals surface area contributed by atoms with Gasteiger partial charge in [0, 0.05) is 76.6 Å². The Morgan fingerprint density at radius 3 is 1.94 bits per heavy atom. The van der Waals surface area contributed by atoms with Crippen molar-refractivity contribution in [2.45, 2.75) is 206 Å². The second-order valence-corrected chi connectivity index (χ2v) is 30.2. The van der Waals surface area contributed by atoms with Crippen molar-refractivity contribution in [3.63, 3.8) is 0 Å². The van der Waals surface area contributed by atoms with Gasteiger partial charge in [0.1, 0.15) is 42.8 Å². The van der Waals surface area contributed by atoms with Gasteiger partial charge in [-0.05, 0) is 97.9 Å². The normalized spacial score (nSPS) is 19.5. The summed E-state index contributed by atoms with van der Waals surface area (Å²) in [6, 6.07) is 24.3. The van der Waals surface area contributed by atoms with Crippen molar-refractivity contribution in [3.05, 3.63) is 125 Å². The Morgan fingerprint density at radius 1 is 0.664 bits per heavy atom. The summed E-state index contributed by atoms with van der Waals surface area (Å²) in [5, 5.41) is 64.1. The second-order valence-electron chi connectivity index (χ2n) is 30.2. The third-order valence-corrected chi connectivity index (χ3v) is 21.2. The maximum Gasteiger partial charge on any atom is 0.410 e. The lowest BCUT2D eigenvalue weighted by atomic mass is 9.89. The van der Waals surface area contributed by atoms with Crippen LogP contribution in [-0.4, -0.2) is 261 Å². The molecular weight excluding hydrogens is 1500 g/mol. The Hall–Kier alpha value is -9.17. The fourth-order valence-electron chi connectivity index (χ4n) is 14.5. The van der Waals surface area contributed by atoms with E-state index < -0.39 is 133 Å². The summed E-state index contributed by atoms with van der Waals surface area (Å²) in [7, 11) is 5.89. The Balaban J connectivity index is 0.852. The van der Waals surface area contributed by atoms with E-state index in [0.29, 0.717) is 76.9 Å². The maximum absolute atomic E-state index is 15.0. The van der Waals surface area contributed by atoms with Gasteiger partial charge in [-0.15, -0.1) is 0 Å². The average Bonchev–Trinajstić information content (AvgIpc) is 0.963. The van der Waals surface area contributed by atoms with Crippen LogP contribution in [0.5, 0.6) is 5.75 Å². The highest BCUT2D eigenvalue weighted by Crippen LogP contribution is 2.34. The molecule has 7 rings (SSSR count). The van der Waals surface area contributed by atoms with Gasteiger partial charge in [0.2, 0.25) is 47.6 Å². The molecule has 0 bridgehead atoms. The molecular formula is C85H120N8O23. The second kappa shape index (κ2) is 47.3. The molecule has 0 radical (unpaired) electrons. The number of carboxylic acid groups (broad SMARTS) is 1. The molecule has 0 spiro atoms. The van der Waals surface area contributed by atoms with Gasteiger partial charge >= 0.3 is 12.1 Å². The monoisotopic (exact) mass is 1620 g/mol. The lowest BCUT2D eigenvalue weighted by Gasteiger charge is -2.41. The van der Waals surface area contributed by atoms with Crippen LogP contribution in [0.3, 0.4) is 0 Å². The zero-order valence-corrected chi connectivity index (χ0v) is 68.8. The number of likely N-dealkylation sites (N-methyl/N-ethyl adjacent to an activating group) is 2. The maximum atomic E-state index is 15.0. The van der Waals surface area contributed by atoms with Crippen LogP contribution in [0.25, 0.3) is 0 Å². The molecule has 31 heteroatoms. The number of para-hydroxylation sites is 1. The third kappa shape index (κ3) is 26.9. The smallest absolute Gasteiger partial charge is 0.410 e. The fourth-order valence-corrected chi connectivity index (χ4v) is 14.5. The first-order valence-corrected chi connectivity index (χ1v) is 40.0. The standard InChI is InChI=1S/C85H120N8O23/c1-13-54(6)73(66(108-11)49-70(97)92-39-23-30-64(92)78(109-12)55(7)80(102)87-56(8)74(98)59-26-15-14-16-27-59)90(9)82(104)71(52(2)3)89-81(103)72(53(4)5)91(10)85(107)114-51-61-48-62(35-36-65(61)115-84-77(101)75(99)76(100)79(116-84)83(105)106)88-68(95)37-40-110-42-44-112-46-47-113-45-43-111-41-38-86-67(94)31-21-22-32-69(96)93-50-60-28-18-17-24-57(60)33-34-58-25-19-20-29-63(58)93/h14-20,24-29,35-36,48,52-56,64,66,71-79,84,98-101H,13,21-23,30-32,37-47,49-51H2,1-12H3,(H,86,94)(H,87,102)(H,88,95)(H,89,103)(H,105,106)/t54-,55+,56+,64-,66+,71-,72-,73-,74+,75?,76?,77?,78+,79?,84?/m0/s1. The summed E-state index contributed by atoms with van der Waals surface area (Å²) in [4.78, 5) is 130. The number of aliphatic hydroxyl groups excluding tert-OH is 4. The van der Waals surface area contributed by atoms with Crippen molar-refractivity contribution in [3.8, 4) is 17.6 Å². The number of nitrogens with zero attached hydrogens (tertiary/aromatic N) is 4. The number of benzene rings is 4. The Bertz CT molecular complexity index is 3920. The molecule has 638 valence electrons. The number of hydrogen-bond donors (Lipinski definition) is 9. The van der Waals surface area contributed by atoms with Crippen LogP contribution in [-0.2, 0) is 89.4 Å². The van der Waals surface area contributed by atoms with E-state index in [1.54, 1.807) is 82.7 Å². The number of carboxylic acids is 1. The molecule has 0 saturated carbocycles. The minimum absolute atomic E-state index is 0.00578. The molecule has 9 N–H and O–H groups in total. The van der Waals surface area contributed by atoms with Gasteiger partial charge in [-0.25, -0.2) is 9.59 Å². The van der Waals surface area contributed by atoms with Gasteiger partial charge in [0.25, 0.3) is 0 Å². The van der Waals surface area contributed by atoms with Gasteiger partial charge in [-0.1, -0.05) is 127 Å². The van der Waals surface area contributed by atoms with Crippen molar-refractivity contribution >= 4 is 64.8 Å². The highest BCUT2D eigenvalue weighted by atomic mass is 16.7. The number of carbonyl (C=O) groups excluding carboxylic acids is 8. The summed E-state index contributed by atoms with van der Waals surface area (Å²) < 4.78 is 51.6. The Morgan fingerprint density at radius 2 is 1.29 bits per heavy atom. The summed E-state index contributed by atoms with van der Waals surface area (Å²) in [5.41, 5.74) is 4.27. The highest BCUT2D eigenvalue weighted by molar-refractivity contribution is 5.95. The molecule has 2 saturated heterocycles. The predicted molar refractivity (Wildman–Crippen MR) is 428 cm³/mol. The Labute approximate surface area is 680 Å². The summed E-state index contributed by atoms with van der Waals surface area (Å²) >= 11 is 0. The van der Waals surface area contributed by atoms with E-state index >= 15 is 0 Å². The van der Waals surface area contributed by atoms with Crippen molar-refractivity contribution in [1.29, 1.82) is 0 Å². The summed E-state index contributed by atoms with van der Waals surface area (Å²) in [5.74, 6) is 0.100. The Kier molecular flexibility index (Phi) is 38.3. The number of nitrogens with one attached hydrogen (secondary N) is 4. The van der Waals surface area contributed by atoms with Crippen LogP contribution in [0, 0.1) is 35.5 Å². The summed E-state index contributed by atoms with van der Waals surface area (Å²) in [6.45, 7) is 16.5. The quantitative estimate of drug-likeness (QED) is 0.0184. The average molecular weight is 1620 g/mol. The molecule has 0 aromatic heterocycles. The zero-order chi connectivity index (χ0) is 84.7. The molecule has 15 atom stereocenters. The number of methoxy groups -OCH3 is 2. The first-order valence-electron chi connectivity index (χ1n) is 40.0. The van der Waals surface area contributed by atoms with E-state index in [1.807, 2.05) is 68.4 Å². The minimum atomic E-state index is -2.03. The van der Waals surface area contributed by atoms with Gasteiger partial charge < -0.3 is 104 Å². The number of hydrogen-bond acceptors (Lipinski definition) is 22. The molecule has 3 heterocycles. The number of amides is 8. The molecule has 0 aliphatic carbocycles. The van der Waals surface area contributed by atoms with E-state index in [0.717, 1.165) is 27.3 Å². The van der Waals surface area contributed by atoms with Crippen LogP contribution in [0.1, 0.15) is 147 Å². The lowest BCUT2D eigenvalue weighted by Crippen LogP contribution is -2.61. The number of ether oxygens (including phenoxy) is 9. The van der Waals surface area contributed by atoms with Gasteiger partial charge in [0.15, 0.2) is 6.10 Å². The van der Waals surface area contributed by atoms with E-state index in [9.17, 15) is 68.7 Å². The minimum Gasteiger partial charge on any atom is -0.479 e. The fraction of sp³-hybridized carbons (Fsp3) is 0.588. The SMILES string of the molecule is CC[C@H](C)[C@@H]([C@@H](CC(=O)N1CCC[C@H]1[C@H](OC)[C@@H](C)C(=O)N[C@H](C)[C@@H](O)c1ccccc1)OC)N(C)C(=O)[C@@H](NC(=O)[C@H](C(C)C)N(C)C(=O)OCc1cc(NC(=O)CCOCCOCCOCCOCCNC(=O)CCCCC(=O)N2Cc3ccccc3C#Cc3ccccc32)ccc1OC1OC(C(=O)O)C(O)C(O)C1O)C(C)C. The molecule has 3 aliphatic rings. The third-order valence-electron chi connectivity index (χ3n) is 21.2. The number of anilines is 2. The van der Waals surface area contributed by atoms with E-state index in [4.69, 9.17) is 42.6 Å². The first-order chi connectivity index (χ1) is 55.5. The zero-order valence-electron chi connectivity index (χ0n) is 68.8. The van der Waals surface area contributed by atoms with Crippen LogP contribution in [0.4, 0.5) is 16.2 Å². The molecule has 8 amide bonds. The van der Waals surface area contributed by atoms with E-state index in [-0.39, 0.29) is 105 Å². The van der Waals surface area contributed by atoms with Gasteiger partial charge in [0.05, 0.1) is 120 Å². The van der Waals surface area contributed by atoms with Crippen molar-refractivity contribution in [2.24, 2.45) is 23.7 Å². The lowest BCUT2D eigenvalue weighted by molar-refractivity contribution is -0.271. The molecule has 3 aliphatic heterocycles. The number of carbonyl (C=O) groups is 9. The van der Waals surface area contributed by atoms with Gasteiger partial charge in [-0.2, -0.15) is 0 Å². The number of fused-ring (bicyclic) bond motifs is 2. The number of likely N-dealkylation sites (tertiary alicyclic amines) is 1. The van der Waals surface area contributed by atoms with Crippen LogP contribution in [0.15, 0.2) is 97.1 Å². The van der Waals surface area contributed by atoms with Crippen molar-refractivity contribution in [2.75, 3.05) is 104 Å². The van der Waals surface area contributed by atoms with Crippen LogP contribution in [0.2, 0.25) is 0 Å². The first kappa shape index (κ1) is 94.0. The molecule has 4 aromatic rings. The molecule has 2 fully saturated rings. The van der Waals surface area contributed by atoms with Gasteiger partial charge in [-0.3, -0.25) is 38.5 Å². The largest absolute Gasteiger partial charge is 0.479 e. The number of rotatable bonds is 46. The van der Waals surface area contributed by atoms with Crippen LogP contribution < -0.4 is 30.9 Å². The molecule has 4 aromatic carbocycles. The highest BCUT2D eigenvalue weighted by Gasteiger charge is 2.49. The number of aliphatic carboxylic acids is 1. The number of unbranched alkanes of at least 4 members (excludes halogenated alkanes) is 1. The van der Waals surface area contributed by atoms with Crippen molar-refractivity contribution in [1.82, 2.24) is 30.7 Å². The summed E-state index contributed by atoms with van der Waals surface area (Å²) in [6.07, 6.45) is -10.3. The molecule has 116 heavy (non-hydrogen) atoms. The van der Waals surface area contributed by atoms with E-state index in [1.165, 1.54) is 44.4 Å². The predicted octanol–water partition coefficient (Wildman–Crippen LogP) is 5.87.